The van der Waals surface area contributed by atoms with Crippen LogP contribution in [0.25, 0.3) is 11.0 Å². The minimum atomic E-state index is -0.453. The van der Waals surface area contributed by atoms with Crippen LogP contribution in [-0.4, -0.2) is 12.6 Å². The standard InChI is InChI=1S/C18H15FO3S.C2H6/c1-3-21-18(20)17-11(2)22-15-10-14(19)16(9-13(15)17)23-12-7-5-4-6-8-12;1-2/h4-10H,3H2,1-2H3;1-2H3. The minimum absolute atomic E-state index is 0.276. The Morgan fingerprint density at radius 3 is 2.52 bits per heavy atom. The number of halogens is 1. The summed E-state index contributed by atoms with van der Waals surface area (Å²) in [6, 6.07) is 12.5. The van der Waals surface area contributed by atoms with Gasteiger partial charge in [0.1, 0.15) is 22.7 Å². The van der Waals surface area contributed by atoms with Crippen LogP contribution in [0.3, 0.4) is 0 Å². The summed E-state index contributed by atoms with van der Waals surface area (Å²) in [6.45, 7) is 7.69. The van der Waals surface area contributed by atoms with Gasteiger partial charge in [-0.3, -0.25) is 0 Å². The molecule has 1 heterocycles. The molecular weight excluding hydrogens is 339 g/mol. The molecule has 0 aliphatic carbocycles. The van der Waals surface area contributed by atoms with Gasteiger partial charge in [0, 0.05) is 21.2 Å². The lowest BCUT2D eigenvalue weighted by atomic mass is 10.1. The summed E-state index contributed by atoms with van der Waals surface area (Å²) in [5, 5.41) is 0.570. The third-order valence-corrected chi connectivity index (χ3v) is 4.41. The second-order valence-corrected chi connectivity index (χ2v) is 6.06. The van der Waals surface area contributed by atoms with E-state index in [4.69, 9.17) is 9.15 Å². The van der Waals surface area contributed by atoms with Crippen LogP contribution in [-0.2, 0) is 4.74 Å². The third-order valence-electron chi connectivity index (χ3n) is 3.37. The molecule has 3 aromatic rings. The molecule has 132 valence electrons. The lowest BCUT2D eigenvalue weighted by molar-refractivity contribution is 0.0526. The summed E-state index contributed by atoms with van der Waals surface area (Å²) in [4.78, 5) is 13.5. The average molecular weight is 360 g/mol. The Morgan fingerprint density at radius 2 is 1.88 bits per heavy atom. The molecule has 0 saturated carbocycles. The molecule has 0 aliphatic heterocycles. The highest BCUT2D eigenvalue weighted by molar-refractivity contribution is 7.99. The van der Waals surface area contributed by atoms with Crippen molar-refractivity contribution < 1.29 is 18.3 Å². The van der Waals surface area contributed by atoms with Gasteiger partial charge in [-0.25, -0.2) is 9.18 Å². The van der Waals surface area contributed by atoms with Crippen molar-refractivity contribution in [1.29, 1.82) is 0 Å². The SMILES string of the molecule is CC.CCOC(=O)c1c(C)oc2cc(F)c(Sc3ccccc3)cc12. The smallest absolute Gasteiger partial charge is 0.342 e. The molecule has 0 aliphatic rings. The van der Waals surface area contributed by atoms with Crippen molar-refractivity contribution in [2.24, 2.45) is 0 Å². The van der Waals surface area contributed by atoms with Crippen molar-refractivity contribution in [3.05, 3.63) is 59.6 Å². The molecule has 5 heteroatoms. The zero-order valence-corrected chi connectivity index (χ0v) is 15.6. The zero-order chi connectivity index (χ0) is 18.4. The Morgan fingerprint density at radius 1 is 1.20 bits per heavy atom. The van der Waals surface area contributed by atoms with Gasteiger partial charge in [0.2, 0.25) is 0 Å². The van der Waals surface area contributed by atoms with Gasteiger partial charge in [0.25, 0.3) is 0 Å². The van der Waals surface area contributed by atoms with Crippen LogP contribution >= 0.6 is 11.8 Å². The highest BCUT2D eigenvalue weighted by Gasteiger charge is 2.21. The first-order chi connectivity index (χ1) is 12.1. The van der Waals surface area contributed by atoms with Crippen LogP contribution in [0.2, 0.25) is 0 Å². The maximum absolute atomic E-state index is 14.3. The number of fused-ring (bicyclic) bond motifs is 1. The largest absolute Gasteiger partial charge is 0.462 e. The van der Waals surface area contributed by atoms with Crippen LogP contribution in [0.4, 0.5) is 4.39 Å². The lowest BCUT2D eigenvalue weighted by Crippen LogP contribution is -2.05. The number of hydrogen-bond acceptors (Lipinski definition) is 4. The first kappa shape index (κ1) is 19.1. The second kappa shape index (κ2) is 8.72. The average Bonchev–Trinajstić information content (AvgIpc) is 2.93. The van der Waals surface area contributed by atoms with E-state index < -0.39 is 5.97 Å². The molecule has 0 radical (unpaired) electrons. The molecule has 0 atom stereocenters. The molecule has 25 heavy (non-hydrogen) atoms. The van der Waals surface area contributed by atoms with Crippen molar-refractivity contribution in [1.82, 2.24) is 0 Å². The molecule has 0 bridgehead atoms. The van der Waals surface area contributed by atoms with E-state index in [9.17, 15) is 9.18 Å². The van der Waals surface area contributed by atoms with Gasteiger partial charge in [-0.05, 0) is 32.0 Å². The monoisotopic (exact) mass is 360 g/mol. The molecule has 3 rings (SSSR count). The lowest BCUT2D eigenvalue weighted by Gasteiger charge is -2.04. The number of ether oxygens (including phenoxy) is 1. The molecule has 1 aromatic heterocycles. The van der Waals surface area contributed by atoms with E-state index in [1.165, 1.54) is 17.8 Å². The van der Waals surface area contributed by atoms with Gasteiger partial charge in [-0.15, -0.1) is 0 Å². The van der Waals surface area contributed by atoms with E-state index in [-0.39, 0.29) is 12.4 Å². The maximum Gasteiger partial charge on any atom is 0.342 e. The molecule has 0 unspecified atom stereocenters. The number of benzene rings is 2. The van der Waals surface area contributed by atoms with Crippen LogP contribution in [0.15, 0.2) is 56.7 Å². The van der Waals surface area contributed by atoms with E-state index in [1.54, 1.807) is 19.9 Å². The fraction of sp³-hybridized carbons (Fsp3) is 0.250. The maximum atomic E-state index is 14.3. The number of esters is 1. The first-order valence-corrected chi connectivity index (χ1v) is 9.04. The molecule has 0 amide bonds. The van der Waals surface area contributed by atoms with E-state index in [0.717, 1.165) is 4.90 Å². The third kappa shape index (κ3) is 4.23. The predicted octanol–water partition coefficient (Wildman–Crippen LogP) is 6.23. The van der Waals surface area contributed by atoms with Crippen molar-refractivity contribution >= 4 is 28.7 Å². The van der Waals surface area contributed by atoms with Gasteiger partial charge in [0.05, 0.1) is 6.61 Å². The highest BCUT2D eigenvalue weighted by atomic mass is 32.2. The van der Waals surface area contributed by atoms with Crippen molar-refractivity contribution in [2.45, 2.75) is 37.5 Å². The summed E-state index contributed by atoms with van der Waals surface area (Å²) < 4.78 is 24.9. The fourth-order valence-corrected chi connectivity index (χ4v) is 3.25. The molecule has 3 nitrogen and oxygen atoms in total. The summed E-state index contributed by atoms with van der Waals surface area (Å²) in [5.41, 5.74) is 0.706. The van der Waals surface area contributed by atoms with Gasteiger partial charge < -0.3 is 9.15 Å². The van der Waals surface area contributed by atoms with Gasteiger partial charge in [0.15, 0.2) is 0 Å². The Balaban J connectivity index is 0.00000109. The van der Waals surface area contributed by atoms with E-state index in [1.807, 2.05) is 44.2 Å². The Kier molecular flexibility index (Phi) is 6.65. The molecular formula is C20H21FO3S. The Bertz CT molecular complexity index is 856. The van der Waals surface area contributed by atoms with Gasteiger partial charge in [-0.1, -0.05) is 43.8 Å². The predicted molar refractivity (Wildman–Crippen MR) is 98.8 cm³/mol. The van der Waals surface area contributed by atoms with Crippen molar-refractivity contribution in [3.8, 4) is 0 Å². The molecule has 2 aromatic carbocycles. The zero-order valence-electron chi connectivity index (χ0n) is 14.8. The van der Waals surface area contributed by atoms with Crippen LogP contribution in [0.1, 0.15) is 36.9 Å². The number of aryl methyl sites for hydroxylation is 1. The van der Waals surface area contributed by atoms with Crippen LogP contribution < -0.4 is 0 Å². The first-order valence-electron chi connectivity index (χ1n) is 8.22. The highest BCUT2D eigenvalue weighted by Crippen LogP contribution is 2.35. The quantitative estimate of drug-likeness (QED) is 0.517. The number of furan rings is 1. The Hall–Kier alpha value is -2.27. The molecule has 0 spiro atoms. The summed E-state index contributed by atoms with van der Waals surface area (Å²) in [6.07, 6.45) is 0. The van der Waals surface area contributed by atoms with Crippen molar-refractivity contribution in [3.63, 3.8) is 0 Å². The normalized spacial score (nSPS) is 10.3. The van der Waals surface area contributed by atoms with E-state index >= 15 is 0 Å². The number of hydrogen-bond donors (Lipinski definition) is 0. The number of carbonyl (C=O) groups is 1. The number of carbonyl (C=O) groups excluding carboxylic acids is 1. The number of rotatable bonds is 4. The molecule has 0 saturated heterocycles. The van der Waals surface area contributed by atoms with Crippen molar-refractivity contribution in [2.75, 3.05) is 6.61 Å². The summed E-state index contributed by atoms with van der Waals surface area (Å²) in [5.74, 6) is -0.402. The van der Waals surface area contributed by atoms with Gasteiger partial charge in [-0.2, -0.15) is 0 Å². The Labute approximate surface area is 151 Å². The molecule has 0 fully saturated rings. The second-order valence-electron chi connectivity index (χ2n) is 4.95. The van der Waals surface area contributed by atoms with E-state index in [2.05, 4.69) is 0 Å². The van der Waals surface area contributed by atoms with E-state index in [0.29, 0.717) is 27.2 Å². The topological polar surface area (TPSA) is 39.4 Å². The fourth-order valence-electron chi connectivity index (χ4n) is 2.37. The minimum Gasteiger partial charge on any atom is -0.462 e. The molecule has 0 N–H and O–H groups in total. The summed E-state index contributed by atoms with van der Waals surface area (Å²) >= 11 is 1.30. The van der Waals surface area contributed by atoms with Gasteiger partial charge >= 0.3 is 5.97 Å². The van der Waals surface area contributed by atoms with Crippen LogP contribution in [0.5, 0.6) is 0 Å². The van der Waals surface area contributed by atoms with Crippen LogP contribution in [0, 0.1) is 12.7 Å². The summed E-state index contributed by atoms with van der Waals surface area (Å²) in [7, 11) is 0.